The molecule has 20 heavy (non-hydrogen) atoms. The fourth-order valence-corrected chi connectivity index (χ4v) is 2.20. The lowest BCUT2D eigenvalue weighted by atomic mass is 10.1. The van der Waals surface area contributed by atoms with Crippen molar-refractivity contribution >= 4 is 0 Å². The third-order valence-corrected chi connectivity index (χ3v) is 3.32. The molecule has 0 aliphatic heterocycles. The molecule has 0 unspecified atom stereocenters. The highest BCUT2D eigenvalue weighted by Crippen LogP contribution is 2.21. The number of rotatable bonds is 10. The maximum atomic E-state index is 5.47. The molecule has 0 atom stereocenters. The summed E-state index contributed by atoms with van der Waals surface area (Å²) in [6.45, 7) is 9.49. The summed E-state index contributed by atoms with van der Waals surface area (Å²) in [6.07, 6.45) is 0. The Morgan fingerprint density at radius 1 is 1.25 bits per heavy atom. The van der Waals surface area contributed by atoms with E-state index in [-0.39, 0.29) is 0 Å². The quantitative estimate of drug-likeness (QED) is 0.667. The zero-order valence-corrected chi connectivity index (χ0v) is 13.2. The molecule has 1 aromatic carbocycles. The normalized spacial score (nSPS) is 11.1. The highest BCUT2D eigenvalue weighted by atomic mass is 16.5. The Morgan fingerprint density at radius 3 is 2.65 bits per heavy atom. The zero-order valence-electron chi connectivity index (χ0n) is 13.2. The Kier molecular flexibility index (Phi) is 8.26. The molecule has 0 aromatic heterocycles. The lowest BCUT2D eigenvalue weighted by Gasteiger charge is -2.22. The number of hydrogen-bond acceptors (Lipinski definition) is 4. The van der Waals surface area contributed by atoms with Gasteiger partial charge in [-0.25, -0.2) is 0 Å². The van der Waals surface area contributed by atoms with E-state index < -0.39 is 0 Å². The second-order valence-electron chi connectivity index (χ2n) is 4.74. The Bertz CT molecular complexity index is 383. The minimum absolute atomic E-state index is 0.776. The van der Waals surface area contributed by atoms with Crippen LogP contribution in [0.1, 0.15) is 25.0 Å². The summed E-state index contributed by atoms with van der Waals surface area (Å²) in [7, 11) is 3.69. The van der Waals surface area contributed by atoms with Crippen LogP contribution in [0.25, 0.3) is 0 Å². The Morgan fingerprint density at radius 2 is 2.05 bits per heavy atom. The summed E-state index contributed by atoms with van der Waals surface area (Å²) in [4.78, 5) is 2.37. The van der Waals surface area contributed by atoms with Crippen LogP contribution in [0.3, 0.4) is 0 Å². The molecule has 1 aromatic rings. The Balaban J connectivity index is 2.73. The van der Waals surface area contributed by atoms with Crippen molar-refractivity contribution in [1.82, 2.24) is 10.2 Å². The molecule has 0 saturated carbocycles. The second-order valence-corrected chi connectivity index (χ2v) is 4.74. The van der Waals surface area contributed by atoms with Crippen LogP contribution in [0.5, 0.6) is 5.75 Å². The molecule has 0 bridgehead atoms. The smallest absolute Gasteiger partial charge is 0.123 e. The minimum atomic E-state index is 0.776. The standard InChI is InChI=1S/C16H28N2O2/c1-5-18(9-10-20-6-2)13-15-11-14(12-17-3)7-8-16(15)19-4/h7-8,11,17H,5-6,9-10,12-13H2,1-4H3. The van der Waals surface area contributed by atoms with E-state index in [1.54, 1.807) is 7.11 Å². The topological polar surface area (TPSA) is 33.7 Å². The minimum Gasteiger partial charge on any atom is -0.496 e. The first-order valence-electron chi connectivity index (χ1n) is 7.35. The van der Waals surface area contributed by atoms with Gasteiger partial charge in [0.1, 0.15) is 5.75 Å². The van der Waals surface area contributed by atoms with E-state index >= 15 is 0 Å². The van der Waals surface area contributed by atoms with Gasteiger partial charge in [0.15, 0.2) is 0 Å². The molecule has 1 N–H and O–H groups in total. The number of methoxy groups -OCH3 is 1. The number of likely N-dealkylation sites (N-methyl/N-ethyl adjacent to an activating group) is 1. The molecule has 0 amide bonds. The van der Waals surface area contributed by atoms with Crippen LogP contribution in [0.4, 0.5) is 0 Å². The number of hydrogen-bond donors (Lipinski definition) is 1. The van der Waals surface area contributed by atoms with Crippen LogP contribution >= 0.6 is 0 Å². The second kappa shape index (κ2) is 9.75. The first-order valence-corrected chi connectivity index (χ1v) is 7.35. The van der Waals surface area contributed by atoms with Crippen molar-refractivity contribution in [3.8, 4) is 5.75 Å². The predicted octanol–water partition coefficient (Wildman–Crippen LogP) is 2.27. The maximum absolute atomic E-state index is 5.47. The summed E-state index contributed by atoms with van der Waals surface area (Å²) < 4.78 is 10.9. The van der Waals surface area contributed by atoms with Gasteiger partial charge < -0.3 is 14.8 Å². The Hall–Kier alpha value is -1.10. The average molecular weight is 280 g/mol. The molecule has 0 aliphatic rings. The van der Waals surface area contributed by atoms with Gasteiger partial charge in [-0.15, -0.1) is 0 Å². The molecule has 0 spiro atoms. The van der Waals surface area contributed by atoms with E-state index in [1.165, 1.54) is 11.1 Å². The molecule has 4 nitrogen and oxygen atoms in total. The lowest BCUT2D eigenvalue weighted by Crippen LogP contribution is -2.27. The van der Waals surface area contributed by atoms with Crippen LogP contribution in [0.2, 0.25) is 0 Å². The van der Waals surface area contributed by atoms with Gasteiger partial charge in [0, 0.05) is 31.8 Å². The molecule has 4 heteroatoms. The van der Waals surface area contributed by atoms with E-state index in [1.807, 2.05) is 14.0 Å². The van der Waals surface area contributed by atoms with Crippen molar-refractivity contribution in [3.63, 3.8) is 0 Å². The molecule has 0 radical (unpaired) electrons. The largest absolute Gasteiger partial charge is 0.496 e. The van der Waals surface area contributed by atoms with Gasteiger partial charge in [-0.1, -0.05) is 13.0 Å². The van der Waals surface area contributed by atoms with Crippen molar-refractivity contribution in [1.29, 1.82) is 0 Å². The molecule has 0 aliphatic carbocycles. The first-order chi connectivity index (χ1) is 9.74. The fraction of sp³-hybridized carbons (Fsp3) is 0.625. The van der Waals surface area contributed by atoms with Crippen molar-refractivity contribution in [2.75, 3.05) is 40.5 Å². The number of nitrogens with one attached hydrogen (secondary N) is 1. The summed E-state index contributed by atoms with van der Waals surface area (Å²) >= 11 is 0. The van der Waals surface area contributed by atoms with E-state index in [2.05, 4.69) is 35.3 Å². The van der Waals surface area contributed by atoms with Crippen molar-refractivity contribution < 1.29 is 9.47 Å². The van der Waals surface area contributed by atoms with Gasteiger partial charge in [0.25, 0.3) is 0 Å². The SMILES string of the molecule is CCOCCN(CC)Cc1cc(CNC)ccc1OC. The third-order valence-electron chi connectivity index (χ3n) is 3.32. The Labute approximate surface area is 123 Å². The molecule has 0 fully saturated rings. The third kappa shape index (κ3) is 5.49. The van der Waals surface area contributed by atoms with Crippen molar-refractivity contribution in [2.24, 2.45) is 0 Å². The molecular weight excluding hydrogens is 252 g/mol. The number of nitrogens with zero attached hydrogens (tertiary/aromatic N) is 1. The van der Waals surface area contributed by atoms with Crippen LogP contribution in [0.15, 0.2) is 18.2 Å². The van der Waals surface area contributed by atoms with Crippen molar-refractivity contribution in [3.05, 3.63) is 29.3 Å². The van der Waals surface area contributed by atoms with E-state index in [0.717, 1.165) is 45.1 Å². The predicted molar refractivity (Wildman–Crippen MR) is 83.2 cm³/mol. The van der Waals surface area contributed by atoms with Gasteiger partial charge in [-0.3, -0.25) is 4.90 Å². The highest BCUT2D eigenvalue weighted by Gasteiger charge is 2.09. The van der Waals surface area contributed by atoms with Gasteiger partial charge in [-0.05, 0) is 38.2 Å². The summed E-state index contributed by atoms with van der Waals surface area (Å²) in [5.41, 5.74) is 2.52. The maximum Gasteiger partial charge on any atom is 0.123 e. The molecule has 0 heterocycles. The van der Waals surface area contributed by atoms with Crippen LogP contribution in [-0.4, -0.2) is 45.4 Å². The van der Waals surface area contributed by atoms with Crippen LogP contribution in [-0.2, 0) is 17.8 Å². The fourth-order valence-electron chi connectivity index (χ4n) is 2.20. The molecular formula is C16H28N2O2. The molecule has 114 valence electrons. The first kappa shape index (κ1) is 17.0. The molecule has 1 rings (SSSR count). The van der Waals surface area contributed by atoms with E-state index in [0.29, 0.717) is 0 Å². The summed E-state index contributed by atoms with van der Waals surface area (Å²) in [5, 5.41) is 3.18. The van der Waals surface area contributed by atoms with Crippen molar-refractivity contribution in [2.45, 2.75) is 26.9 Å². The van der Waals surface area contributed by atoms with Gasteiger partial charge >= 0.3 is 0 Å². The van der Waals surface area contributed by atoms with E-state index in [9.17, 15) is 0 Å². The number of ether oxygens (including phenoxy) is 2. The summed E-state index contributed by atoms with van der Waals surface area (Å²) in [6, 6.07) is 6.38. The van der Waals surface area contributed by atoms with Crippen LogP contribution < -0.4 is 10.1 Å². The zero-order chi connectivity index (χ0) is 14.8. The van der Waals surface area contributed by atoms with Crippen LogP contribution in [0, 0.1) is 0 Å². The molecule has 0 saturated heterocycles. The monoisotopic (exact) mass is 280 g/mol. The lowest BCUT2D eigenvalue weighted by molar-refractivity contribution is 0.112. The van der Waals surface area contributed by atoms with Gasteiger partial charge in [0.2, 0.25) is 0 Å². The highest BCUT2D eigenvalue weighted by molar-refractivity contribution is 5.37. The average Bonchev–Trinajstić information content (AvgIpc) is 2.47. The van der Waals surface area contributed by atoms with Gasteiger partial charge in [0.05, 0.1) is 13.7 Å². The number of benzene rings is 1. The summed E-state index contributed by atoms with van der Waals surface area (Å²) in [5.74, 6) is 0.958. The van der Waals surface area contributed by atoms with E-state index in [4.69, 9.17) is 9.47 Å². The van der Waals surface area contributed by atoms with Gasteiger partial charge in [-0.2, -0.15) is 0 Å².